The zero-order chi connectivity index (χ0) is 19.2. The molecule has 1 heterocycles. The molecule has 0 spiro atoms. The van der Waals surface area contributed by atoms with Crippen LogP contribution in [0.2, 0.25) is 5.02 Å². The highest BCUT2D eigenvalue weighted by atomic mass is 35.5. The Hall–Kier alpha value is -2.04. The molecule has 1 aliphatic heterocycles. The minimum absolute atomic E-state index is 0.180. The van der Waals surface area contributed by atoms with Crippen molar-refractivity contribution in [3.63, 3.8) is 0 Å². The second-order valence-electron chi connectivity index (χ2n) is 7.42. The summed E-state index contributed by atoms with van der Waals surface area (Å²) in [4.78, 5) is 14.2. The van der Waals surface area contributed by atoms with Gasteiger partial charge in [0.2, 0.25) is 0 Å². The van der Waals surface area contributed by atoms with Crippen molar-refractivity contribution in [2.75, 3.05) is 25.5 Å². The molecule has 4 nitrogen and oxygen atoms in total. The van der Waals surface area contributed by atoms with E-state index in [0.717, 1.165) is 36.8 Å². The van der Waals surface area contributed by atoms with Crippen molar-refractivity contribution in [3.8, 4) is 0 Å². The number of hydrogen-bond donors (Lipinski definition) is 2. The lowest BCUT2D eigenvalue weighted by atomic mass is 9.90. The number of benzene rings is 2. The van der Waals surface area contributed by atoms with E-state index in [1.165, 1.54) is 29.5 Å². The molecule has 2 aromatic rings. The summed E-state index contributed by atoms with van der Waals surface area (Å²) in [5, 5.41) is 6.37. The predicted molar refractivity (Wildman–Crippen MR) is 112 cm³/mol. The molecule has 5 heteroatoms. The largest absolute Gasteiger partial charge is 0.341 e. The number of nitrogens with one attached hydrogen (secondary N) is 2. The van der Waals surface area contributed by atoms with Crippen molar-refractivity contribution < 1.29 is 4.79 Å². The molecule has 0 saturated carbocycles. The summed E-state index contributed by atoms with van der Waals surface area (Å²) in [6.45, 7) is 5.12. The van der Waals surface area contributed by atoms with E-state index in [4.69, 9.17) is 11.6 Å². The van der Waals surface area contributed by atoms with Crippen LogP contribution in [0.5, 0.6) is 0 Å². The number of carbonyl (C=O) groups excluding carboxylic acids is 1. The van der Waals surface area contributed by atoms with Crippen LogP contribution in [0.25, 0.3) is 0 Å². The van der Waals surface area contributed by atoms with Crippen LogP contribution >= 0.6 is 11.6 Å². The molecule has 1 aliphatic rings. The monoisotopic (exact) mass is 385 g/mol. The maximum Gasteiger partial charge on any atom is 0.318 e. The maximum atomic E-state index is 11.7. The normalized spacial score (nSPS) is 15.5. The van der Waals surface area contributed by atoms with Crippen LogP contribution in [0.15, 0.2) is 42.5 Å². The Labute approximate surface area is 166 Å². The molecule has 0 aliphatic carbocycles. The zero-order valence-corrected chi connectivity index (χ0v) is 16.9. The van der Waals surface area contributed by atoms with E-state index in [2.05, 4.69) is 40.7 Å². The number of halogens is 1. The highest BCUT2D eigenvalue weighted by Gasteiger charge is 2.20. The molecule has 2 aromatic carbocycles. The van der Waals surface area contributed by atoms with E-state index in [-0.39, 0.29) is 6.03 Å². The second-order valence-corrected chi connectivity index (χ2v) is 7.85. The third-order valence-corrected chi connectivity index (χ3v) is 5.49. The van der Waals surface area contributed by atoms with E-state index < -0.39 is 0 Å². The van der Waals surface area contributed by atoms with Gasteiger partial charge in [0.25, 0.3) is 0 Å². The summed E-state index contributed by atoms with van der Waals surface area (Å²) in [5.74, 6) is 0.709. The van der Waals surface area contributed by atoms with Gasteiger partial charge in [-0.3, -0.25) is 4.90 Å². The topological polar surface area (TPSA) is 44.4 Å². The Bertz CT molecular complexity index is 785. The van der Waals surface area contributed by atoms with Gasteiger partial charge in [0.1, 0.15) is 0 Å². The number of hydrogen-bond acceptors (Lipinski definition) is 2. The summed E-state index contributed by atoms with van der Waals surface area (Å²) >= 11 is 6.11. The van der Waals surface area contributed by atoms with Crippen LogP contribution < -0.4 is 10.6 Å². The molecule has 2 amide bonds. The van der Waals surface area contributed by atoms with Gasteiger partial charge in [-0.25, -0.2) is 4.79 Å². The quantitative estimate of drug-likeness (QED) is 0.772. The highest BCUT2D eigenvalue weighted by molar-refractivity contribution is 6.30. The molecule has 144 valence electrons. The third kappa shape index (κ3) is 5.72. The summed E-state index contributed by atoms with van der Waals surface area (Å²) in [7, 11) is 1.63. The number of urea groups is 1. The zero-order valence-electron chi connectivity index (χ0n) is 16.1. The van der Waals surface area contributed by atoms with Crippen molar-refractivity contribution in [2.24, 2.45) is 5.92 Å². The number of nitrogens with zero attached hydrogens (tertiary/aromatic N) is 1. The van der Waals surface area contributed by atoms with Crippen molar-refractivity contribution in [2.45, 2.75) is 32.7 Å². The van der Waals surface area contributed by atoms with Gasteiger partial charge in [-0.1, -0.05) is 41.4 Å². The summed E-state index contributed by atoms with van der Waals surface area (Å²) in [6.07, 6.45) is 3.48. The van der Waals surface area contributed by atoms with Gasteiger partial charge < -0.3 is 10.6 Å². The van der Waals surface area contributed by atoms with E-state index in [9.17, 15) is 4.79 Å². The Morgan fingerprint density at radius 2 is 1.96 bits per heavy atom. The van der Waals surface area contributed by atoms with Gasteiger partial charge in [-0.2, -0.15) is 0 Å². The third-order valence-electron chi connectivity index (χ3n) is 5.25. The first kappa shape index (κ1) is 19.7. The van der Waals surface area contributed by atoms with E-state index in [1.807, 2.05) is 24.3 Å². The van der Waals surface area contributed by atoms with Crippen LogP contribution in [0.4, 0.5) is 10.5 Å². The smallest absolute Gasteiger partial charge is 0.318 e. The van der Waals surface area contributed by atoms with E-state index in [1.54, 1.807) is 7.05 Å². The van der Waals surface area contributed by atoms with Crippen molar-refractivity contribution in [1.29, 1.82) is 0 Å². The fourth-order valence-corrected chi connectivity index (χ4v) is 3.96. The van der Waals surface area contributed by atoms with Crippen molar-refractivity contribution >= 4 is 23.3 Å². The van der Waals surface area contributed by atoms with Crippen LogP contribution in [-0.2, 0) is 13.0 Å². The lowest BCUT2D eigenvalue weighted by Crippen LogP contribution is -2.34. The average molecular weight is 386 g/mol. The van der Waals surface area contributed by atoms with Gasteiger partial charge in [-0.15, -0.1) is 0 Å². The van der Waals surface area contributed by atoms with Gasteiger partial charge in [-0.05, 0) is 74.5 Å². The van der Waals surface area contributed by atoms with Crippen molar-refractivity contribution in [3.05, 3.63) is 64.2 Å². The second kappa shape index (κ2) is 9.25. The molecule has 0 bridgehead atoms. The number of carbonyl (C=O) groups is 1. The SMILES string of the molecule is CNC(=O)Nc1ccc(C)cc1CN1CCC(Cc2cccc(Cl)c2)CC1. The molecular weight excluding hydrogens is 358 g/mol. The number of likely N-dealkylation sites (tertiary alicyclic amines) is 1. The predicted octanol–water partition coefficient (Wildman–Crippen LogP) is 4.85. The Morgan fingerprint density at radius 1 is 1.19 bits per heavy atom. The van der Waals surface area contributed by atoms with Gasteiger partial charge >= 0.3 is 6.03 Å². The van der Waals surface area contributed by atoms with Crippen LogP contribution in [0, 0.1) is 12.8 Å². The molecule has 0 aromatic heterocycles. The fourth-order valence-electron chi connectivity index (χ4n) is 3.75. The van der Waals surface area contributed by atoms with Gasteiger partial charge in [0.15, 0.2) is 0 Å². The molecule has 27 heavy (non-hydrogen) atoms. The summed E-state index contributed by atoms with van der Waals surface area (Å²) in [6, 6.07) is 14.2. The molecule has 0 unspecified atom stereocenters. The van der Waals surface area contributed by atoms with Crippen LogP contribution in [0.3, 0.4) is 0 Å². The minimum atomic E-state index is -0.180. The molecule has 1 fully saturated rings. The summed E-state index contributed by atoms with van der Waals surface area (Å²) < 4.78 is 0. The van der Waals surface area contributed by atoms with E-state index in [0.29, 0.717) is 5.92 Å². The number of piperidine rings is 1. The van der Waals surface area contributed by atoms with Crippen molar-refractivity contribution in [1.82, 2.24) is 10.2 Å². The Balaban J connectivity index is 1.57. The van der Waals surface area contributed by atoms with Crippen LogP contribution in [-0.4, -0.2) is 31.1 Å². The lowest BCUT2D eigenvalue weighted by Gasteiger charge is -2.32. The van der Waals surface area contributed by atoms with Gasteiger partial charge in [0.05, 0.1) is 0 Å². The molecule has 0 radical (unpaired) electrons. The number of aryl methyl sites for hydroxylation is 1. The molecule has 0 atom stereocenters. The average Bonchev–Trinajstić information content (AvgIpc) is 2.65. The molecule has 3 rings (SSSR count). The first-order chi connectivity index (χ1) is 13.0. The van der Waals surface area contributed by atoms with Crippen LogP contribution in [0.1, 0.15) is 29.5 Å². The van der Waals surface area contributed by atoms with Gasteiger partial charge in [0, 0.05) is 24.3 Å². The highest BCUT2D eigenvalue weighted by Crippen LogP contribution is 2.26. The number of rotatable bonds is 5. The first-order valence-corrected chi connectivity index (χ1v) is 9.96. The standard InChI is InChI=1S/C22H28ClN3O/c1-16-6-7-21(25-22(27)24-2)19(12-16)15-26-10-8-17(9-11-26)13-18-4-3-5-20(23)14-18/h3-7,12,14,17H,8-11,13,15H2,1-2H3,(H2,24,25,27). The lowest BCUT2D eigenvalue weighted by molar-refractivity contribution is 0.177. The Morgan fingerprint density at radius 3 is 2.67 bits per heavy atom. The molecular formula is C22H28ClN3O. The fraction of sp³-hybridized carbons (Fsp3) is 0.409. The molecule has 1 saturated heterocycles. The number of anilines is 1. The first-order valence-electron chi connectivity index (χ1n) is 9.58. The summed E-state index contributed by atoms with van der Waals surface area (Å²) in [5.41, 5.74) is 4.60. The molecule has 2 N–H and O–H groups in total. The maximum absolute atomic E-state index is 11.7. The number of amides is 2. The Kier molecular flexibility index (Phi) is 6.75. The van der Waals surface area contributed by atoms with E-state index >= 15 is 0 Å². The minimum Gasteiger partial charge on any atom is -0.341 e.